The lowest BCUT2D eigenvalue weighted by atomic mass is 10.1. The van der Waals surface area contributed by atoms with Crippen molar-refractivity contribution in [2.45, 2.75) is 12.8 Å². The van der Waals surface area contributed by atoms with Gasteiger partial charge in [-0.1, -0.05) is 67.2 Å². The highest BCUT2D eigenvalue weighted by atomic mass is 16.4. The van der Waals surface area contributed by atoms with Gasteiger partial charge in [0.2, 0.25) is 0 Å². The van der Waals surface area contributed by atoms with Crippen molar-refractivity contribution in [3.63, 3.8) is 0 Å². The van der Waals surface area contributed by atoms with Gasteiger partial charge in [-0.15, -0.1) is 0 Å². The zero-order valence-electron chi connectivity index (χ0n) is 12.2. The van der Waals surface area contributed by atoms with Crippen LogP contribution in [-0.2, 0) is 6.42 Å². The van der Waals surface area contributed by atoms with E-state index in [1.165, 1.54) is 0 Å². The summed E-state index contributed by atoms with van der Waals surface area (Å²) < 4.78 is 5.94. The summed E-state index contributed by atoms with van der Waals surface area (Å²) in [6, 6.07) is 19.9. The molecule has 0 bridgehead atoms. The fraction of sp³-hybridized carbons (Fsp3) is 0.105. The van der Waals surface area contributed by atoms with Crippen molar-refractivity contribution in [1.29, 1.82) is 0 Å². The minimum absolute atomic E-state index is 0.140. The van der Waals surface area contributed by atoms with Crippen LogP contribution >= 0.6 is 0 Å². The summed E-state index contributed by atoms with van der Waals surface area (Å²) in [6.07, 6.45) is 0.977. The van der Waals surface area contributed by atoms with E-state index in [-0.39, 0.29) is 5.76 Å². The monoisotopic (exact) mass is 291 g/mol. The van der Waals surface area contributed by atoms with Crippen molar-refractivity contribution in [3.05, 3.63) is 78.9 Å². The van der Waals surface area contributed by atoms with Gasteiger partial charge >= 0.3 is 0 Å². The Morgan fingerprint density at radius 3 is 2.14 bits per heavy atom. The van der Waals surface area contributed by atoms with E-state index in [0.717, 1.165) is 22.6 Å². The lowest BCUT2D eigenvalue weighted by Gasteiger charge is -2.00. The molecule has 1 aromatic heterocycles. The topological polar surface area (TPSA) is 46.3 Å². The van der Waals surface area contributed by atoms with Gasteiger partial charge in [0.25, 0.3) is 0 Å². The molecule has 1 N–H and O–H groups in total. The molecule has 0 aliphatic rings. The normalized spacial score (nSPS) is 10.5. The Labute approximate surface area is 129 Å². The fourth-order valence-corrected chi connectivity index (χ4v) is 2.30. The summed E-state index contributed by atoms with van der Waals surface area (Å²) in [5.74, 6) is 1.50. The minimum Gasteiger partial charge on any atom is -0.513 e. The second kappa shape index (κ2) is 6.31. The van der Waals surface area contributed by atoms with E-state index in [1.54, 1.807) is 0 Å². The van der Waals surface area contributed by atoms with E-state index >= 15 is 0 Å². The molecule has 3 rings (SSSR count). The quantitative estimate of drug-likeness (QED) is 0.672. The first-order valence-corrected chi connectivity index (χ1v) is 7.21. The van der Waals surface area contributed by atoms with Crippen molar-refractivity contribution in [1.82, 2.24) is 4.98 Å². The lowest BCUT2D eigenvalue weighted by Crippen LogP contribution is -1.87. The van der Waals surface area contributed by atoms with Crippen LogP contribution in [-0.4, -0.2) is 10.1 Å². The summed E-state index contributed by atoms with van der Waals surface area (Å²) in [4.78, 5) is 4.61. The van der Waals surface area contributed by atoms with Crippen LogP contribution in [0, 0.1) is 0 Å². The molecule has 110 valence electrons. The van der Waals surface area contributed by atoms with E-state index < -0.39 is 0 Å². The Morgan fingerprint density at radius 1 is 0.955 bits per heavy atom. The molecule has 3 nitrogen and oxygen atoms in total. The Kier molecular flexibility index (Phi) is 4.05. The van der Waals surface area contributed by atoms with Gasteiger partial charge in [-0.05, 0) is 0 Å². The highest BCUT2D eigenvalue weighted by Gasteiger charge is 2.16. The summed E-state index contributed by atoms with van der Waals surface area (Å²) >= 11 is 0. The third kappa shape index (κ3) is 3.09. The first-order chi connectivity index (χ1) is 10.7. The number of benzene rings is 2. The number of rotatable bonds is 5. The molecule has 0 unspecified atom stereocenters. The second-order valence-electron chi connectivity index (χ2n) is 5.08. The van der Waals surface area contributed by atoms with Crippen LogP contribution in [0.5, 0.6) is 0 Å². The molecule has 0 aliphatic heterocycles. The van der Waals surface area contributed by atoms with E-state index in [4.69, 9.17) is 4.42 Å². The van der Waals surface area contributed by atoms with Crippen LogP contribution in [0.1, 0.15) is 12.3 Å². The molecule has 3 heteroatoms. The molecule has 2 aromatic carbocycles. The summed E-state index contributed by atoms with van der Waals surface area (Å²) in [5, 5.41) is 9.26. The molecular weight excluding hydrogens is 274 g/mol. The number of allylic oxidation sites excluding steroid dienone is 1. The van der Waals surface area contributed by atoms with Crippen LogP contribution in [0.2, 0.25) is 0 Å². The third-order valence-corrected chi connectivity index (χ3v) is 3.38. The zero-order chi connectivity index (χ0) is 15.4. The smallest absolute Gasteiger partial charge is 0.195 e. The molecule has 0 spiro atoms. The SMILES string of the molecule is C=C(O)CCc1nc(-c2ccccc2)c(-c2ccccc2)o1. The largest absolute Gasteiger partial charge is 0.513 e. The molecule has 0 saturated carbocycles. The molecular formula is C19H17NO2. The van der Waals surface area contributed by atoms with Gasteiger partial charge in [-0.3, -0.25) is 0 Å². The predicted molar refractivity (Wildman–Crippen MR) is 87.5 cm³/mol. The highest BCUT2D eigenvalue weighted by Crippen LogP contribution is 2.32. The van der Waals surface area contributed by atoms with Gasteiger partial charge in [0.05, 0.1) is 5.76 Å². The van der Waals surface area contributed by atoms with Crippen molar-refractivity contribution >= 4 is 0 Å². The average molecular weight is 291 g/mol. The first-order valence-electron chi connectivity index (χ1n) is 7.21. The number of nitrogens with zero attached hydrogens (tertiary/aromatic N) is 1. The predicted octanol–water partition coefficient (Wildman–Crippen LogP) is 5.01. The van der Waals surface area contributed by atoms with E-state index in [0.29, 0.717) is 18.7 Å². The number of aliphatic hydroxyl groups excluding tert-OH is 1. The van der Waals surface area contributed by atoms with Crippen molar-refractivity contribution in [3.8, 4) is 22.6 Å². The Bertz CT molecular complexity index is 704. The first kappa shape index (κ1) is 14.1. The number of hydrogen-bond donors (Lipinski definition) is 1. The molecule has 0 aliphatic carbocycles. The molecule has 0 atom stereocenters. The van der Waals surface area contributed by atoms with Gasteiger partial charge in [0, 0.05) is 24.0 Å². The minimum atomic E-state index is 0.140. The van der Waals surface area contributed by atoms with Crippen LogP contribution in [0.3, 0.4) is 0 Å². The van der Waals surface area contributed by atoms with Gasteiger partial charge < -0.3 is 9.52 Å². The van der Waals surface area contributed by atoms with E-state index in [1.807, 2.05) is 60.7 Å². The van der Waals surface area contributed by atoms with Crippen LogP contribution in [0.15, 0.2) is 77.4 Å². The number of aliphatic hydroxyl groups is 1. The van der Waals surface area contributed by atoms with E-state index in [9.17, 15) is 5.11 Å². The lowest BCUT2D eigenvalue weighted by molar-refractivity contribution is 0.382. The van der Waals surface area contributed by atoms with Crippen LogP contribution < -0.4 is 0 Å². The molecule has 0 amide bonds. The van der Waals surface area contributed by atoms with Gasteiger partial charge in [-0.2, -0.15) is 0 Å². The van der Waals surface area contributed by atoms with Gasteiger partial charge in [0.15, 0.2) is 11.7 Å². The molecule has 0 fully saturated rings. The summed E-state index contributed by atoms with van der Waals surface area (Å²) in [7, 11) is 0. The molecule has 3 aromatic rings. The Morgan fingerprint density at radius 2 is 1.55 bits per heavy atom. The third-order valence-electron chi connectivity index (χ3n) is 3.38. The molecule has 0 saturated heterocycles. The number of aromatic nitrogens is 1. The summed E-state index contributed by atoms with van der Waals surface area (Å²) in [5.41, 5.74) is 2.83. The second-order valence-corrected chi connectivity index (χ2v) is 5.08. The maximum atomic E-state index is 9.26. The van der Waals surface area contributed by atoms with Gasteiger partial charge in [0.1, 0.15) is 5.69 Å². The number of hydrogen-bond acceptors (Lipinski definition) is 3. The van der Waals surface area contributed by atoms with Crippen molar-refractivity contribution < 1.29 is 9.52 Å². The Hall–Kier alpha value is -2.81. The average Bonchev–Trinajstić information content (AvgIpc) is 2.99. The number of oxazole rings is 1. The Balaban J connectivity index is 2.04. The molecule has 0 radical (unpaired) electrons. The number of aryl methyl sites for hydroxylation is 1. The fourth-order valence-electron chi connectivity index (χ4n) is 2.30. The zero-order valence-corrected chi connectivity index (χ0v) is 12.2. The van der Waals surface area contributed by atoms with Crippen molar-refractivity contribution in [2.24, 2.45) is 0 Å². The maximum absolute atomic E-state index is 9.26. The van der Waals surface area contributed by atoms with E-state index in [2.05, 4.69) is 11.6 Å². The summed E-state index contributed by atoms with van der Waals surface area (Å²) in [6.45, 7) is 3.50. The van der Waals surface area contributed by atoms with Gasteiger partial charge in [-0.25, -0.2) is 4.98 Å². The molecule has 1 heterocycles. The van der Waals surface area contributed by atoms with Crippen LogP contribution in [0.4, 0.5) is 0 Å². The standard InChI is InChI=1S/C19H17NO2/c1-14(21)12-13-17-20-18(15-8-4-2-5-9-15)19(22-17)16-10-6-3-7-11-16/h2-11,21H,1,12-13H2. The highest BCUT2D eigenvalue weighted by molar-refractivity contribution is 5.76. The maximum Gasteiger partial charge on any atom is 0.195 e. The molecule has 22 heavy (non-hydrogen) atoms. The van der Waals surface area contributed by atoms with Crippen LogP contribution in [0.25, 0.3) is 22.6 Å². The van der Waals surface area contributed by atoms with Crippen molar-refractivity contribution in [2.75, 3.05) is 0 Å².